The number of nitrogens with one attached hydrogen (secondary N) is 2. The van der Waals surface area contributed by atoms with Crippen molar-refractivity contribution in [2.24, 2.45) is 0 Å². The molecule has 0 unspecified atom stereocenters. The standard InChI is InChI=1S/C24H22F3N7O3S3/c1-3-38-23-33-31-21(40-23)29-19(35)13-39-22-32-30-18(12-28-20(36)14-4-10-17(37-2)11-5-14)34(22)16-8-6-15(7-9-16)24(25,26)27/h4-11H,3,12-13H2,1-2H3,(H,28,36)(H,29,31,35). The lowest BCUT2D eigenvalue weighted by molar-refractivity contribution is -0.137. The number of aromatic nitrogens is 5. The van der Waals surface area contributed by atoms with Gasteiger partial charge in [0.1, 0.15) is 5.75 Å². The lowest BCUT2D eigenvalue weighted by Crippen LogP contribution is -2.24. The number of hydrogen-bond donors (Lipinski definition) is 2. The predicted octanol–water partition coefficient (Wildman–Crippen LogP) is 4.92. The van der Waals surface area contributed by atoms with Gasteiger partial charge < -0.3 is 10.1 Å². The summed E-state index contributed by atoms with van der Waals surface area (Å²) in [7, 11) is 1.52. The molecule has 2 N–H and O–H groups in total. The molecule has 210 valence electrons. The Balaban J connectivity index is 1.51. The van der Waals surface area contributed by atoms with Crippen LogP contribution >= 0.6 is 34.9 Å². The van der Waals surface area contributed by atoms with Gasteiger partial charge in [-0.15, -0.1) is 20.4 Å². The molecule has 0 aliphatic heterocycles. The molecule has 10 nitrogen and oxygen atoms in total. The number of thioether (sulfide) groups is 2. The van der Waals surface area contributed by atoms with Gasteiger partial charge in [-0.05, 0) is 54.3 Å². The quantitative estimate of drug-likeness (QED) is 0.180. The third kappa shape index (κ3) is 7.51. The number of anilines is 1. The van der Waals surface area contributed by atoms with Crippen LogP contribution in [0.1, 0.15) is 28.7 Å². The van der Waals surface area contributed by atoms with E-state index in [2.05, 4.69) is 31.0 Å². The topological polar surface area (TPSA) is 124 Å². The van der Waals surface area contributed by atoms with E-state index in [0.717, 1.165) is 34.0 Å². The van der Waals surface area contributed by atoms with Crippen molar-refractivity contribution in [1.82, 2.24) is 30.3 Å². The summed E-state index contributed by atoms with van der Waals surface area (Å²) in [6.45, 7) is 1.90. The summed E-state index contributed by atoms with van der Waals surface area (Å²) in [5, 5.41) is 22.2. The SMILES string of the molecule is CCSc1nnc(NC(=O)CSc2nnc(CNC(=O)c3ccc(OC)cc3)n2-c2ccc(C(F)(F)F)cc2)s1. The van der Waals surface area contributed by atoms with E-state index < -0.39 is 17.6 Å². The van der Waals surface area contributed by atoms with Crippen molar-refractivity contribution in [3.05, 3.63) is 65.5 Å². The molecule has 0 saturated carbocycles. The summed E-state index contributed by atoms with van der Waals surface area (Å²) in [6.07, 6.45) is -4.50. The average Bonchev–Trinajstić information content (AvgIpc) is 3.56. The molecule has 2 heterocycles. The van der Waals surface area contributed by atoms with E-state index in [1.54, 1.807) is 24.3 Å². The summed E-state index contributed by atoms with van der Waals surface area (Å²) in [5.74, 6) is 0.834. The zero-order chi connectivity index (χ0) is 28.7. The van der Waals surface area contributed by atoms with Crippen LogP contribution in [0.3, 0.4) is 0 Å². The van der Waals surface area contributed by atoms with Crippen LogP contribution in [0.25, 0.3) is 5.69 Å². The predicted molar refractivity (Wildman–Crippen MR) is 146 cm³/mol. The summed E-state index contributed by atoms with van der Waals surface area (Å²) < 4.78 is 46.7. The van der Waals surface area contributed by atoms with Crippen LogP contribution in [0.15, 0.2) is 58.0 Å². The maximum atomic E-state index is 13.1. The van der Waals surface area contributed by atoms with Gasteiger partial charge in [0.05, 0.1) is 25.0 Å². The highest BCUT2D eigenvalue weighted by Gasteiger charge is 2.30. The monoisotopic (exact) mass is 609 g/mol. The van der Waals surface area contributed by atoms with Gasteiger partial charge in [-0.25, -0.2) is 0 Å². The van der Waals surface area contributed by atoms with Crippen molar-refractivity contribution in [3.63, 3.8) is 0 Å². The molecule has 0 radical (unpaired) electrons. The number of alkyl halides is 3. The minimum absolute atomic E-state index is 0.0751. The van der Waals surface area contributed by atoms with Crippen molar-refractivity contribution in [1.29, 1.82) is 0 Å². The first-order valence-corrected chi connectivity index (χ1v) is 14.4. The van der Waals surface area contributed by atoms with Crippen LogP contribution in [0, 0.1) is 0 Å². The minimum Gasteiger partial charge on any atom is -0.497 e. The maximum absolute atomic E-state index is 13.1. The molecule has 0 bridgehead atoms. The number of nitrogens with zero attached hydrogens (tertiary/aromatic N) is 5. The third-order valence-corrected chi connectivity index (χ3v) is 7.95. The minimum atomic E-state index is -4.50. The zero-order valence-corrected chi connectivity index (χ0v) is 23.5. The Bertz CT molecular complexity index is 1460. The normalized spacial score (nSPS) is 11.3. The maximum Gasteiger partial charge on any atom is 0.416 e. The summed E-state index contributed by atoms with van der Waals surface area (Å²) in [5.41, 5.74) is -0.102. The van der Waals surface area contributed by atoms with E-state index in [4.69, 9.17) is 4.74 Å². The van der Waals surface area contributed by atoms with Gasteiger partial charge in [0, 0.05) is 11.3 Å². The number of amides is 2. The van der Waals surface area contributed by atoms with Gasteiger partial charge in [0.25, 0.3) is 5.91 Å². The van der Waals surface area contributed by atoms with Crippen LogP contribution in [0.2, 0.25) is 0 Å². The van der Waals surface area contributed by atoms with Crippen LogP contribution in [0.4, 0.5) is 18.3 Å². The number of halogens is 3. The Morgan fingerprint density at radius 2 is 1.73 bits per heavy atom. The number of ether oxygens (including phenoxy) is 1. The molecular weight excluding hydrogens is 588 g/mol. The van der Waals surface area contributed by atoms with Crippen LogP contribution in [0.5, 0.6) is 5.75 Å². The number of methoxy groups -OCH3 is 1. The largest absolute Gasteiger partial charge is 0.497 e. The van der Waals surface area contributed by atoms with Crippen molar-refractivity contribution in [2.75, 3.05) is 23.9 Å². The lowest BCUT2D eigenvalue weighted by Gasteiger charge is -2.13. The highest BCUT2D eigenvalue weighted by atomic mass is 32.2. The summed E-state index contributed by atoms with van der Waals surface area (Å²) >= 11 is 3.79. The van der Waals surface area contributed by atoms with Crippen molar-refractivity contribution in [3.8, 4) is 11.4 Å². The molecule has 0 atom stereocenters. The highest BCUT2D eigenvalue weighted by Crippen LogP contribution is 2.31. The molecule has 2 aromatic carbocycles. The number of carbonyl (C=O) groups excluding carboxylic acids is 2. The molecule has 4 rings (SSSR count). The van der Waals surface area contributed by atoms with Crippen LogP contribution < -0.4 is 15.4 Å². The molecule has 2 aromatic heterocycles. The molecular formula is C24H22F3N7O3S3. The molecule has 0 saturated heterocycles. The number of rotatable bonds is 11. The first-order valence-electron chi connectivity index (χ1n) is 11.6. The van der Waals surface area contributed by atoms with Crippen molar-refractivity contribution >= 4 is 51.8 Å². The van der Waals surface area contributed by atoms with Gasteiger partial charge in [0.2, 0.25) is 11.0 Å². The van der Waals surface area contributed by atoms with Gasteiger partial charge in [-0.2, -0.15) is 13.2 Å². The van der Waals surface area contributed by atoms with E-state index in [1.807, 2.05) is 6.92 Å². The second-order valence-corrected chi connectivity index (χ2v) is 11.3. The Kier molecular flexibility index (Phi) is 9.65. The number of benzene rings is 2. The molecule has 0 fully saturated rings. The fraction of sp³-hybridized carbons (Fsp3) is 0.250. The van der Waals surface area contributed by atoms with Gasteiger partial charge >= 0.3 is 6.18 Å². The van der Waals surface area contributed by atoms with Crippen molar-refractivity contribution < 1.29 is 27.5 Å². The number of hydrogen-bond acceptors (Lipinski definition) is 10. The first-order chi connectivity index (χ1) is 19.2. The summed E-state index contributed by atoms with van der Waals surface area (Å²) in [4.78, 5) is 25.2. The molecule has 40 heavy (non-hydrogen) atoms. The Labute approximate surface area is 239 Å². The van der Waals surface area contributed by atoms with Gasteiger partial charge in [-0.1, -0.05) is 41.8 Å². The Morgan fingerprint density at radius 1 is 1.00 bits per heavy atom. The first kappa shape index (κ1) is 29.4. The Hall–Kier alpha value is -3.63. The van der Waals surface area contributed by atoms with Gasteiger partial charge in [-0.3, -0.25) is 19.5 Å². The van der Waals surface area contributed by atoms with E-state index >= 15 is 0 Å². The molecule has 2 amide bonds. The zero-order valence-electron chi connectivity index (χ0n) is 21.1. The smallest absolute Gasteiger partial charge is 0.416 e. The highest BCUT2D eigenvalue weighted by molar-refractivity contribution is 8.01. The summed E-state index contributed by atoms with van der Waals surface area (Å²) in [6, 6.07) is 10.9. The second-order valence-electron chi connectivity index (χ2n) is 7.83. The van der Waals surface area contributed by atoms with Crippen molar-refractivity contribution in [2.45, 2.75) is 29.1 Å². The van der Waals surface area contributed by atoms with E-state index in [-0.39, 0.29) is 29.2 Å². The molecule has 0 spiro atoms. The average molecular weight is 610 g/mol. The third-order valence-electron chi connectivity index (χ3n) is 5.17. The van der Waals surface area contributed by atoms with Gasteiger partial charge in [0.15, 0.2) is 15.3 Å². The molecule has 0 aliphatic carbocycles. The fourth-order valence-corrected chi connectivity index (χ4v) is 5.73. The van der Waals surface area contributed by atoms with Crippen LogP contribution in [-0.2, 0) is 17.5 Å². The molecule has 16 heteroatoms. The van der Waals surface area contributed by atoms with Crippen LogP contribution in [-0.4, -0.2) is 55.4 Å². The van der Waals surface area contributed by atoms with E-state index in [9.17, 15) is 22.8 Å². The molecule has 4 aromatic rings. The van der Waals surface area contributed by atoms with E-state index in [0.29, 0.717) is 22.1 Å². The molecule has 0 aliphatic rings. The van der Waals surface area contributed by atoms with E-state index in [1.165, 1.54) is 46.9 Å². The second kappa shape index (κ2) is 13.1. The Morgan fingerprint density at radius 3 is 2.38 bits per heavy atom. The lowest BCUT2D eigenvalue weighted by atomic mass is 10.2. The number of carbonyl (C=O) groups is 2. The fourth-order valence-electron chi connectivity index (χ4n) is 3.30.